The molecule has 0 bridgehead atoms. The maximum Gasteiger partial charge on any atom is 0.204 e. The van der Waals surface area contributed by atoms with Gasteiger partial charge in [0.05, 0.1) is 0 Å². The number of rotatable bonds is 4. The second-order valence-corrected chi connectivity index (χ2v) is 8.07. The molecule has 0 aliphatic heterocycles. The van der Waals surface area contributed by atoms with Crippen LogP contribution < -0.4 is 4.43 Å². The van der Waals surface area contributed by atoms with E-state index in [4.69, 9.17) is 4.43 Å². The van der Waals surface area contributed by atoms with Crippen LogP contribution in [0.2, 0.25) is 0 Å². The van der Waals surface area contributed by atoms with Crippen molar-refractivity contribution in [3.05, 3.63) is 102 Å². The van der Waals surface area contributed by atoms with Gasteiger partial charge in [0, 0.05) is 11.1 Å². The Labute approximate surface area is 176 Å². The molecule has 1 nitrogen and oxygen atoms in total. The molecule has 4 rings (SSSR count). The molecule has 0 unspecified atom stereocenters. The van der Waals surface area contributed by atoms with Gasteiger partial charge in [-0.25, -0.2) is 0 Å². The highest BCUT2D eigenvalue weighted by Gasteiger charge is 2.18. The Bertz CT molecular complexity index is 1130. The van der Waals surface area contributed by atoms with Gasteiger partial charge in [-0.05, 0) is 49.1 Å². The maximum atomic E-state index is 5.96. The first-order valence-electron chi connectivity index (χ1n) is 9.99. The molecule has 0 radical (unpaired) electrons. The average molecular weight is 395 g/mol. The lowest BCUT2D eigenvalue weighted by atomic mass is 9.86. The predicted octanol–water partition coefficient (Wildman–Crippen LogP) is 6.27. The molecule has 0 aliphatic carbocycles. The number of hydrogen-bond acceptors (Lipinski definition) is 1. The number of benzene rings is 4. The summed E-state index contributed by atoms with van der Waals surface area (Å²) in [7, 11) is 0.650. The molecule has 4 aromatic carbocycles. The molecule has 0 aliphatic rings. The quantitative estimate of drug-likeness (QED) is 0.371. The summed E-state index contributed by atoms with van der Waals surface area (Å²) in [5.41, 5.74) is 11.0. The monoisotopic (exact) mass is 394 g/mol. The van der Waals surface area contributed by atoms with Crippen molar-refractivity contribution >= 4 is 10.5 Å². The summed E-state index contributed by atoms with van der Waals surface area (Å²) in [6.07, 6.45) is 0. The summed E-state index contributed by atoms with van der Waals surface area (Å²) in [6, 6.07) is 30.6. The fourth-order valence-electron chi connectivity index (χ4n) is 3.75. The lowest BCUT2D eigenvalue weighted by molar-refractivity contribution is 0.619. The fraction of sp³-hybridized carbons (Fsp3) is 0.111. The topological polar surface area (TPSA) is 9.23 Å². The molecular formula is C27H26OSi. The molecule has 0 heterocycles. The van der Waals surface area contributed by atoms with Crippen LogP contribution >= 0.6 is 0 Å². The first kappa shape index (κ1) is 19.2. The van der Waals surface area contributed by atoms with Crippen molar-refractivity contribution in [1.29, 1.82) is 0 Å². The number of aryl methyl sites for hydroxylation is 3. The van der Waals surface area contributed by atoms with Crippen LogP contribution in [0.4, 0.5) is 0 Å². The second-order valence-electron chi connectivity index (χ2n) is 7.66. The Morgan fingerprint density at radius 2 is 0.897 bits per heavy atom. The summed E-state index contributed by atoms with van der Waals surface area (Å²) in [4.78, 5) is 0. The summed E-state index contributed by atoms with van der Waals surface area (Å²) < 4.78 is 5.96. The van der Waals surface area contributed by atoms with Gasteiger partial charge in [0.1, 0.15) is 5.75 Å². The van der Waals surface area contributed by atoms with Gasteiger partial charge in [0.15, 0.2) is 0 Å². The van der Waals surface area contributed by atoms with E-state index in [1.54, 1.807) is 0 Å². The largest absolute Gasteiger partial charge is 0.553 e. The summed E-state index contributed by atoms with van der Waals surface area (Å²) in [5, 5.41) is 0. The van der Waals surface area contributed by atoms with Crippen LogP contribution in [0.5, 0.6) is 5.75 Å². The van der Waals surface area contributed by atoms with Gasteiger partial charge >= 0.3 is 0 Å². The number of hydrogen-bond donors (Lipinski definition) is 0. The van der Waals surface area contributed by atoms with Crippen LogP contribution in [0.25, 0.3) is 33.4 Å². The van der Waals surface area contributed by atoms with E-state index in [1.807, 2.05) is 0 Å². The highest BCUT2D eigenvalue weighted by atomic mass is 28.2. The highest BCUT2D eigenvalue weighted by Crippen LogP contribution is 2.45. The molecular weight excluding hydrogens is 368 g/mol. The van der Waals surface area contributed by atoms with E-state index in [9.17, 15) is 0 Å². The normalized spacial score (nSPS) is 10.9. The van der Waals surface area contributed by atoms with Crippen LogP contribution in [0, 0.1) is 20.8 Å². The molecule has 0 saturated carbocycles. The van der Waals surface area contributed by atoms with Crippen LogP contribution in [-0.2, 0) is 0 Å². The van der Waals surface area contributed by atoms with E-state index in [-0.39, 0.29) is 0 Å². The Balaban J connectivity index is 2.06. The first-order chi connectivity index (χ1) is 14.1. The zero-order valence-corrected chi connectivity index (χ0v) is 19.5. The van der Waals surface area contributed by atoms with E-state index >= 15 is 0 Å². The van der Waals surface area contributed by atoms with Crippen LogP contribution in [-0.4, -0.2) is 10.5 Å². The highest BCUT2D eigenvalue weighted by molar-refractivity contribution is 6.03. The smallest absolute Gasteiger partial charge is 0.204 e. The molecule has 0 atom stereocenters. The molecule has 29 heavy (non-hydrogen) atoms. The zero-order chi connectivity index (χ0) is 20.4. The standard InChI is InChI=1S/C27H26OSi/c1-18-4-10-21(11-5-18)24-16-17-25(28-29)27(23-14-8-20(3)9-15-23)26(24)22-12-6-19(2)7-13-22/h4-17H,1-3,29H3. The van der Waals surface area contributed by atoms with E-state index in [0.29, 0.717) is 10.5 Å². The third kappa shape index (κ3) is 3.89. The Hall–Kier alpha value is -3.10. The van der Waals surface area contributed by atoms with Crippen molar-refractivity contribution in [3.63, 3.8) is 0 Å². The zero-order valence-electron chi connectivity index (χ0n) is 17.5. The van der Waals surface area contributed by atoms with Crippen molar-refractivity contribution in [2.45, 2.75) is 20.8 Å². The molecule has 0 fully saturated rings. The molecule has 2 heteroatoms. The molecule has 144 valence electrons. The van der Waals surface area contributed by atoms with Gasteiger partial charge in [-0.1, -0.05) is 95.6 Å². The summed E-state index contributed by atoms with van der Waals surface area (Å²) in [5.74, 6) is 0.951. The van der Waals surface area contributed by atoms with Crippen molar-refractivity contribution in [3.8, 4) is 39.1 Å². The molecule has 0 N–H and O–H groups in total. The third-order valence-corrected chi connectivity index (χ3v) is 5.87. The van der Waals surface area contributed by atoms with E-state index < -0.39 is 0 Å². The predicted molar refractivity (Wildman–Crippen MR) is 128 cm³/mol. The van der Waals surface area contributed by atoms with Crippen molar-refractivity contribution in [1.82, 2.24) is 0 Å². The van der Waals surface area contributed by atoms with Gasteiger partial charge in [-0.15, -0.1) is 0 Å². The van der Waals surface area contributed by atoms with Crippen molar-refractivity contribution < 1.29 is 4.43 Å². The summed E-state index contributed by atoms with van der Waals surface area (Å²) in [6.45, 7) is 6.38. The second kappa shape index (κ2) is 8.10. The fourth-order valence-corrected chi connectivity index (χ4v) is 4.09. The minimum Gasteiger partial charge on any atom is -0.553 e. The lowest BCUT2D eigenvalue weighted by Crippen LogP contribution is -1.96. The van der Waals surface area contributed by atoms with Gasteiger partial charge in [0.25, 0.3) is 0 Å². The SMILES string of the molecule is Cc1ccc(-c2ccc(O[SiH3])c(-c3ccc(C)cc3)c2-c2ccc(C)cc2)cc1. The maximum absolute atomic E-state index is 5.96. The van der Waals surface area contributed by atoms with Gasteiger partial charge in [-0.2, -0.15) is 0 Å². The van der Waals surface area contributed by atoms with Crippen molar-refractivity contribution in [2.24, 2.45) is 0 Å². The van der Waals surface area contributed by atoms with Gasteiger partial charge in [0.2, 0.25) is 10.5 Å². The Morgan fingerprint density at radius 1 is 0.483 bits per heavy atom. The Kier molecular flexibility index (Phi) is 5.37. The van der Waals surface area contributed by atoms with Gasteiger partial charge < -0.3 is 4.43 Å². The van der Waals surface area contributed by atoms with Crippen molar-refractivity contribution in [2.75, 3.05) is 0 Å². The van der Waals surface area contributed by atoms with E-state index in [1.165, 1.54) is 50.1 Å². The van der Waals surface area contributed by atoms with Crippen LogP contribution in [0.15, 0.2) is 84.9 Å². The van der Waals surface area contributed by atoms with E-state index in [0.717, 1.165) is 5.75 Å². The minimum absolute atomic E-state index is 0.650. The molecule has 0 spiro atoms. The lowest BCUT2D eigenvalue weighted by Gasteiger charge is -2.20. The molecule has 0 aromatic heterocycles. The molecule has 0 saturated heterocycles. The van der Waals surface area contributed by atoms with Gasteiger partial charge in [-0.3, -0.25) is 0 Å². The van der Waals surface area contributed by atoms with E-state index in [2.05, 4.69) is 106 Å². The summed E-state index contributed by atoms with van der Waals surface area (Å²) >= 11 is 0. The van der Waals surface area contributed by atoms with Crippen LogP contribution in [0.1, 0.15) is 16.7 Å². The molecule has 4 aromatic rings. The molecule has 0 amide bonds. The average Bonchev–Trinajstić information content (AvgIpc) is 2.75. The van der Waals surface area contributed by atoms with Crippen LogP contribution in [0.3, 0.4) is 0 Å². The third-order valence-electron chi connectivity index (χ3n) is 5.43. The first-order valence-corrected chi connectivity index (χ1v) is 10.8. The Morgan fingerprint density at radius 3 is 1.34 bits per heavy atom. The minimum atomic E-state index is 0.650.